The molecule has 0 fully saturated rings. The molecule has 0 bridgehead atoms. The van der Waals surface area contributed by atoms with Crippen molar-refractivity contribution in [2.45, 2.75) is 31.2 Å². The molecule has 5 nitrogen and oxygen atoms in total. The van der Waals surface area contributed by atoms with Crippen LogP contribution in [-0.4, -0.2) is 25.0 Å². The third kappa shape index (κ3) is 2.44. The third-order valence-electron chi connectivity index (χ3n) is 3.47. The van der Waals surface area contributed by atoms with Gasteiger partial charge in [0.25, 0.3) is 0 Å². The van der Waals surface area contributed by atoms with Crippen molar-refractivity contribution in [2.24, 2.45) is 0 Å². The van der Waals surface area contributed by atoms with Gasteiger partial charge in [0.05, 0.1) is 21.8 Å². The Morgan fingerprint density at radius 1 is 1.32 bits per heavy atom. The Balaban J connectivity index is 2.35. The minimum Gasteiger partial charge on any atom is -0.305 e. The number of hydrogen-bond donors (Lipinski definition) is 1. The summed E-state index contributed by atoms with van der Waals surface area (Å²) in [6.07, 6.45) is 1.58. The molecule has 1 aromatic carbocycles. The molecule has 0 aliphatic rings. The van der Waals surface area contributed by atoms with Gasteiger partial charge in [0.15, 0.2) is 5.13 Å². The number of H-pyrrole nitrogens is 1. The van der Waals surface area contributed by atoms with Gasteiger partial charge in [-0.2, -0.15) is 0 Å². The number of imidazole rings is 1. The molecular weight excluding hydrogens is 318 g/mol. The van der Waals surface area contributed by atoms with Crippen molar-refractivity contribution in [1.82, 2.24) is 14.5 Å². The molecule has 116 valence electrons. The molecule has 0 aliphatic heterocycles. The topological polar surface area (TPSA) is 67.8 Å². The summed E-state index contributed by atoms with van der Waals surface area (Å²) in [6, 6.07) is 5.85. The van der Waals surface area contributed by atoms with Gasteiger partial charge in [-0.05, 0) is 17.0 Å². The number of aromatic amines is 1. The van der Waals surface area contributed by atoms with E-state index in [9.17, 15) is 9.00 Å². The van der Waals surface area contributed by atoms with E-state index in [4.69, 9.17) is 0 Å². The quantitative estimate of drug-likeness (QED) is 0.783. The molecular formula is C15H17N3O2S2. The van der Waals surface area contributed by atoms with Crippen LogP contribution in [0.25, 0.3) is 16.2 Å². The zero-order chi connectivity index (χ0) is 16.1. The van der Waals surface area contributed by atoms with E-state index in [1.165, 1.54) is 11.3 Å². The molecule has 1 N–H and O–H groups in total. The van der Waals surface area contributed by atoms with Gasteiger partial charge in [-0.25, -0.2) is 14.3 Å². The highest BCUT2D eigenvalue weighted by molar-refractivity contribution is 7.84. The molecule has 1 atom stereocenters. The molecule has 0 radical (unpaired) electrons. The number of nitrogens with one attached hydrogen (secondary N) is 1. The van der Waals surface area contributed by atoms with Gasteiger partial charge in [-0.15, -0.1) is 11.3 Å². The number of nitrogens with zero attached hydrogens (tertiary/aromatic N) is 2. The highest BCUT2D eigenvalue weighted by Gasteiger charge is 2.22. The van der Waals surface area contributed by atoms with E-state index in [1.54, 1.807) is 16.2 Å². The first-order valence-electron chi connectivity index (χ1n) is 6.82. The first-order chi connectivity index (χ1) is 10.3. The maximum absolute atomic E-state index is 12.4. The molecule has 2 aromatic heterocycles. The van der Waals surface area contributed by atoms with Crippen molar-refractivity contribution in [3.8, 4) is 5.13 Å². The Bertz CT molecular complexity index is 928. The summed E-state index contributed by atoms with van der Waals surface area (Å²) in [5, 5.41) is 2.77. The number of aromatic nitrogens is 3. The Morgan fingerprint density at radius 2 is 2.05 bits per heavy atom. The smallest absolute Gasteiger partial charge is 0.305 e. The molecule has 0 saturated carbocycles. The maximum atomic E-state index is 12.4. The van der Waals surface area contributed by atoms with Crippen LogP contribution in [0.1, 0.15) is 26.3 Å². The zero-order valence-electron chi connectivity index (χ0n) is 12.8. The van der Waals surface area contributed by atoms with Crippen LogP contribution in [0, 0.1) is 0 Å². The van der Waals surface area contributed by atoms with Crippen LogP contribution in [0.3, 0.4) is 0 Å². The summed E-state index contributed by atoms with van der Waals surface area (Å²) in [5.74, 6) is 0. The van der Waals surface area contributed by atoms with Gasteiger partial charge in [-0.3, -0.25) is 4.21 Å². The van der Waals surface area contributed by atoms with Crippen molar-refractivity contribution in [3.63, 3.8) is 0 Å². The average Bonchev–Trinajstić information content (AvgIpc) is 2.99. The number of para-hydroxylation sites is 1. The predicted octanol–water partition coefficient (Wildman–Crippen LogP) is 2.81. The van der Waals surface area contributed by atoms with E-state index in [0.717, 1.165) is 16.6 Å². The SMILES string of the molecule is CS(=O)c1csc(-n2c(=O)[nH]c3cccc(C(C)(C)C)c32)n1. The van der Waals surface area contributed by atoms with Crippen LogP contribution >= 0.6 is 11.3 Å². The molecule has 1 unspecified atom stereocenters. The van der Waals surface area contributed by atoms with E-state index in [2.05, 4.69) is 30.7 Å². The van der Waals surface area contributed by atoms with E-state index in [0.29, 0.717) is 10.2 Å². The van der Waals surface area contributed by atoms with E-state index >= 15 is 0 Å². The van der Waals surface area contributed by atoms with Crippen LogP contribution in [0.4, 0.5) is 0 Å². The standard InChI is InChI=1S/C15H17N3O2S2/c1-15(2,3)9-6-5-7-10-12(9)18(13(19)16-10)14-17-11(8-21-14)22(4)20/h5-8H,1-4H3,(H,16,19). The Labute approximate surface area is 134 Å². The number of rotatable bonds is 2. The van der Waals surface area contributed by atoms with E-state index < -0.39 is 10.8 Å². The predicted molar refractivity (Wildman–Crippen MR) is 90.6 cm³/mol. The number of thiazole rings is 1. The van der Waals surface area contributed by atoms with Crippen LogP contribution < -0.4 is 5.69 Å². The number of fused-ring (bicyclic) bond motifs is 1. The van der Waals surface area contributed by atoms with Crippen LogP contribution in [0.2, 0.25) is 0 Å². The summed E-state index contributed by atoms with van der Waals surface area (Å²) < 4.78 is 13.1. The summed E-state index contributed by atoms with van der Waals surface area (Å²) in [5.41, 5.74) is 2.35. The molecule has 2 heterocycles. The first-order valence-corrected chi connectivity index (χ1v) is 9.26. The Hall–Kier alpha value is -1.73. The monoisotopic (exact) mass is 335 g/mol. The average molecular weight is 335 g/mol. The van der Waals surface area contributed by atoms with Gasteiger partial charge in [-0.1, -0.05) is 32.9 Å². The second kappa shape index (κ2) is 5.17. The fraction of sp³-hybridized carbons (Fsp3) is 0.333. The van der Waals surface area contributed by atoms with Crippen LogP contribution in [0.5, 0.6) is 0 Å². The van der Waals surface area contributed by atoms with Gasteiger partial charge >= 0.3 is 5.69 Å². The molecule has 3 rings (SSSR count). The van der Waals surface area contributed by atoms with E-state index in [-0.39, 0.29) is 11.1 Å². The minimum atomic E-state index is -1.16. The molecule has 0 saturated heterocycles. The lowest BCUT2D eigenvalue weighted by atomic mass is 9.86. The number of benzene rings is 1. The Morgan fingerprint density at radius 3 is 2.64 bits per heavy atom. The minimum absolute atomic E-state index is 0.108. The van der Waals surface area contributed by atoms with Gasteiger partial charge < -0.3 is 4.98 Å². The normalized spacial score (nSPS) is 13.6. The highest BCUT2D eigenvalue weighted by atomic mass is 32.2. The van der Waals surface area contributed by atoms with Crippen molar-refractivity contribution in [1.29, 1.82) is 0 Å². The lowest BCUT2D eigenvalue weighted by molar-refractivity contribution is 0.593. The van der Waals surface area contributed by atoms with Crippen molar-refractivity contribution in [2.75, 3.05) is 6.26 Å². The molecule has 0 amide bonds. The summed E-state index contributed by atoms with van der Waals surface area (Å²) in [7, 11) is -1.16. The maximum Gasteiger partial charge on any atom is 0.332 e. The molecule has 22 heavy (non-hydrogen) atoms. The number of hydrogen-bond acceptors (Lipinski definition) is 4. The lowest BCUT2D eigenvalue weighted by Gasteiger charge is -2.20. The summed E-state index contributed by atoms with van der Waals surface area (Å²) in [6.45, 7) is 6.33. The second-order valence-corrected chi connectivity index (χ2v) is 8.30. The fourth-order valence-corrected chi connectivity index (χ4v) is 4.08. The summed E-state index contributed by atoms with van der Waals surface area (Å²) >= 11 is 1.32. The van der Waals surface area contributed by atoms with Crippen molar-refractivity contribution < 1.29 is 4.21 Å². The molecule has 0 spiro atoms. The lowest BCUT2D eigenvalue weighted by Crippen LogP contribution is -2.18. The molecule has 3 aromatic rings. The van der Waals surface area contributed by atoms with Gasteiger partial charge in [0.1, 0.15) is 5.03 Å². The fourth-order valence-electron chi connectivity index (χ4n) is 2.43. The van der Waals surface area contributed by atoms with E-state index in [1.807, 2.05) is 18.2 Å². The van der Waals surface area contributed by atoms with Crippen LogP contribution in [0.15, 0.2) is 33.4 Å². The third-order valence-corrected chi connectivity index (χ3v) is 5.24. The highest BCUT2D eigenvalue weighted by Crippen LogP contribution is 2.30. The van der Waals surface area contributed by atoms with Crippen molar-refractivity contribution in [3.05, 3.63) is 39.6 Å². The largest absolute Gasteiger partial charge is 0.332 e. The van der Waals surface area contributed by atoms with Crippen LogP contribution in [-0.2, 0) is 16.2 Å². The molecule has 7 heteroatoms. The van der Waals surface area contributed by atoms with Gasteiger partial charge in [0.2, 0.25) is 0 Å². The molecule has 0 aliphatic carbocycles. The first kappa shape index (κ1) is 15.2. The van der Waals surface area contributed by atoms with Gasteiger partial charge in [0, 0.05) is 11.6 Å². The second-order valence-electron chi connectivity index (χ2n) is 6.14. The summed E-state index contributed by atoms with van der Waals surface area (Å²) in [4.78, 5) is 19.6. The zero-order valence-corrected chi connectivity index (χ0v) is 14.5. The Kier molecular flexibility index (Phi) is 3.57. The van der Waals surface area contributed by atoms with Crippen molar-refractivity contribution >= 4 is 33.2 Å².